The summed E-state index contributed by atoms with van der Waals surface area (Å²) in [5, 5.41) is 0. The zero-order valence-electron chi connectivity index (χ0n) is 7.03. The summed E-state index contributed by atoms with van der Waals surface area (Å²) >= 11 is 2.82. The molecule has 0 heterocycles. The molecule has 0 aromatic heterocycles. The van der Waals surface area contributed by atoms with Gasteiger partial charge in [-0.25, -0.2) is 0 Å². The van der Waals surface area contributed by atoms with Gasteiger partial charge in [-0.3, -0.25) is 4.79 Å². The largest absolute Gasteiger partial charge is 0.465 e. The molecule has 1 atom stereocenters. The minimum absolute atomic E-state index is 0.174. The van der Waals surface area contributed by atoms with E-state index in [1.54, 1.807) is 6.92 Å². The molecule has 0 spiro atoms. The highest BCUT2D eigenvalue weighted by Crippen LogP contribution is 2.24. The van der Waals surface area contributed by atoms with Crippen molar-refractivity contribution in [2.24, 2.45) is 0 Å². The second-order valence-electron chi connectivity index (χ2n) is 2.37. The fourth-order valence-corrected chi connectivity index (χ4v) is 1.00. The molecule has 13 heavy (non-hydrogen) atoms. The summed E-state index contributed by atoms with van der Waals surface area (Å²) in [5.41, 5.74) is 0. The number of halogens is 4. The van der Waals surface area contributed by atoms with Gasteiger partial charge >= 0.3 is 12.1 Å². The molecule has 2 nitrogen and oxygen atoms in total. The van der Waals surface area contributed by atoms with Crippen LogP contribution < -0.4 is 0 Å². The summed E-state index contributed by atoms with van der Waals surface area (Å²) in [5.74, 6) is -0.647. The number of rotatable bonds is 4. The Balaban J connectivity index is 3.74. The first-order valence-electron chi connectivity index (χ1n) is 3.74. The molecular weight excluding hydrogens is 253 g/mol. The van der Waals surface area contributed by atoms with Crippen molar-refractivity contribution >= 4 is 21.9 Å². The Kier molecular flexibility index (Phi) is 5.36. The molecule has 0 aromatic carbocycles. The maximum Gasteiger partial charge on any atom is 0.389 e. The van der Waals surface area contributed by atoms with Crippen molar-refractivity contribution in [3.05, 3.63) is 0 Å². The van der Waals surface area contributed by atoms with Crippen molar-refractivity contribution in [3.63, 3.8) is 0 Å². The molecule has 0 aliphatic carbocycles. The molecule has 0 rings (SSSR count). The molecule has 0 radical (unpaired) electrons. The van der Waals surface area contributed by atoms with Gasteiger partial charge in [0.25, 0.3) is 0 Å². The number of carbonyl (C=O) groups excluding carboxylic acids is 1. The molecule has 1 unspecified atom stereocenters. The highest BCUT2D eigenvalue weighted by molar-refractivity contribution is 9.10. The Morgan fingerprint density at radius 3 is 2.46 bits per heavy atom. The first-order chi connectivity index (χ1) is 5.87. The third kappa shape index (κ3) is 6.86. The lowest BCUT2D eigenvalue weighted by Gasteiger charge is -2.10. The van der Waals surface area contributed by atoms with E-state index in [4.69, 9.17) is 0 Å². The van der Waals surface area contributed by atoms with Crippen molar-refractivity contribution in [1.82, 2.24) is 0 Å². The average Bonchev–Trinajstić information content (AvgIpc) is 1.99. The number of ether oxygens (including phenoxy) is 1. The second-order valence-corrected chi connectivity index (χ2v) is 3.48. The van der Waals surface area contributed by atoms with Crippen molar-refractivity contribution < 1.29 is 22.7 Å². The molecule has 0 saturated carbocycles. The number of hydrogen-bond donors (Lipinski definition) is 0. The predicted octanol–water partition coefficient (Wildman–Crippen LogP) is 2.66. The van der Waals surface area contributed by atoms with Crippen LogP contribution >= 0.6 is 15.9 Å². The summed E-state index contributed by atoms with van der Waals surface area (Å²) in [4.78, 5) is 9.96. The van der Waals surface area contributed by atoms with Crippen LogP contribution in [0, 0.1) is 0 Å². The lowest BCUT2D eigenvalue weighted by atomic mass is 10.2. The van der Waals surface area contributed by atoms with E-state index in [1.165, 1.54) is 0 Å². The van der Waals surface area contributed by atoms with Gasteiger partial charge in [0.2, 0.25) is 0 Å². The number of esters is 1. The van der Waals surface area contributed by atoms with Crippen molar-refractivity contribution in [1.29, 1.82) is 0 Å². The second kappa shape index (κ2) is 5.47. The van der Waals surface area contributed by atoms with Crippen LogP contribution in [-0.2, 0) is 9.53 Å². The van der Waals surface area contributed by atoms with Crippen LogP contribution in [-0.4, -0.2) is 23.6 Å². The van der Waals surface area contributed by atoms with E-state index in [-0.39, 0.29) is 13.0 Å². The molecule has 0 fully saturated rings. The Morgan fingerprint density at radius 1 is 1.54 bits per heavy atom. The minimum Gasteiger partial charge on any atom is -0.465 e. The Bertz CT molecular complexity index is 170. The molecule has 0 N–H and O–H groups in total. The van der Waals surface area contributed by atoms with E-state index in [1.807, 2.05) is 0 Å². The van der Waals surface area contributed by atoms with Crippen molar-refractivity contribution in [2.45, 2.75) is 30.8 Å². The number of alkyl halides is 4. The number of hydrogen-bond acceptors (Lipinski definition) is 2. The number of carbonyl (C=O) groups is 1. The minimum atomic E-state index is -4.22. The Labute approximate surface area is 82.6 Å². The smallest absolute Gasteiger partial charge is 0.389 e. The summed E-state index contributed by atoms with van der Waals surface area (Å²) < 4.78 is 39.6. The molecule has 0 bridgehead atoms. The van der Waals surface area contributed by atoms with E-state index >= 15 is 0 Å². The SMILES string of the molecule is CCOC(=O)C(Br)CCC(F)(F)F. The summed E-state index contributed by atoms with van der Waals surface area (Å²) in [7, 11) is 0. The lowest BCUT2D eigenvalue weighted by Crippen LogP contribution is -2.20. The van der Waals surface area contributed by atoms with Crippen LogP contribution in [0.5, 0.6) is 0 Å². The summed E-state index contributed by atoms with van der Waals surface area (Å²) in [6.45, 7) is 1.77. The van der Waals surface area contributed by atoms with Gasteiger partial charge in [-0.05, 0) is 13.3 Å². The molecule has 0 aliphatic rings. The molecular formula is C7H10BrF3O2. The predicted molar refractivity (Wildman–Crippen MR) is 44.6 cm³/mol. The molecule has 0 saturated heterocycles. The normalized spacial score (nSPS) is 13.9. The molecule has 0 amide bonds. The molecule has 6 heteroatoms. The van der Waals surface area contributed by atoms with E-state index in [9.17, 15) is 18.0 Å². The van der Waals surface area contributed by atoms with Crippen LogP contribution in [0.25, 0.3) is 0 Å². The third-order valence-electron chi connectivity index (χ3n) is 1.22. The van der Waals surface area contributed by atoms with Gasteiger partial charge < -0.3 is 4.74 Å². The third-order valence-corrected chi connectivity index (χ3v) is 2.06. The van der Waals surface area contributed by atoms with E-state index in [0.29, 0.717) is 0 Å². The molecule has 78 valence electrons. The van der Waals surface area contributed by atoms with Gasteiger partial charge in [0.15, 0.2) is 0 Å². The van der Waals surface area contributed by atoms with Gasteiger partial charge in [-0.1, -0.05) is 15.9 Å². The Morgan fingerprint density at radius 2 is 2.08 bits per heavy atom. The highest BCUT2D eigenvalue weighted by Gasteiger charge is 2.29. The van der Waals surface area contributed by atoms with Gasteiger partial charge in [0.1, 0.15) is 4.83 Å². The van der Waals surface area contributed by atoms with Gasteiger partial charge in [-0.2, -0.15) is 13.2 Å². The van der Waals surface area contributed by atoms with Crippen LogP contribution in [0.15, 0.2) is 0 Å². The van der Waals surface area contributed by atoms with Gasteiger partial charge in [-0.15, -0.1) is 0 Å². The highest BCUT2D eigenvalue weighted by atomic mass is 79.9. The molecule has 0 aliphatic heterocycles. The van der Waals surface area contributed by atoms with Gasteiger partial charge in [0, 0.05) is 6.42 Å². The van der Waals surface area contributed by atoms with Crippen molar-refractivity contribution in [2.75, 3.05) is 6.61 Å². The van der Waals surface area contributed by atoms with Crippen LogP contribution in [0.1, 0.15) is 19.8 Å². The summed E-state index contributed by atoms with van der Waals surface area (Å²) in [6, 6.07) is 0. The fraction of sp³-hybridized carbons (Fsp3) is 0.857. The monoisotopic (exact) mass is 262 g/mol. The van der Waals surface area contributed by atoms with Crippen LogP contribution in [0.2, 0.25) is 0 Å². The first-order valence-corrected chi connectivity index (χ1v) is 4.66. The topological polar surface area (TPSA) is 26.3 Å². The quantitative estimate of drug-likeness (QED) is 0.575. The van der Waals surface area contributed by atoms with Gasteiger partial charge in [0.05, 0.1) is 6.61 Å². The summed E-state index contributed by atoms with van der Waals surface area (Å²) in [6.07, 6.45) is -5.50. The zero-order chi connectivity index (χ0) is 10.5. The maximum atomic E-state index is 11.7. The van der Waals surface area contributed by atoms with Crippen molar-refractivity contribution in [3.8, 4) is 0 Å². The lowest BCUT2D eigenvalue weighted by molar-refractivity contribution is -0.146. The first kappa shape index (κ1) is 12.7. The fourth-order valence-electron chi connectivity index (χ4n) is 0.641. The maximum absolute atomic E-state index is 11.7. The van der Waals surface area contributed by atoms with E-state index in [0.717, 1.165) is 0 Å². The Hall–Kier alpha value is -0.260. The molecule has 0 aromatic rings. The standard InChI is InChI=1S/C7H10BrF3O2/c1-2-13-6(12)5(8)3-4-7(9,10)11/h5H,2-4H2,1H3. The van der Waals surface area contributed by atoms with Crippen LogP contribution in [0.4, 0.5) is 13.2 Å². The van der Waals surface area contributed by atoms with E-state index in [2.05, 4.69) is 20.7 Å². The van der Waals surface area contributed by atoms with Crippen LogP contribution in [0.3, 0.4) is 0 Å². The average molecular weight is 263 g/mol. The van der Waals surface area contributed by atoms with E-state index < -0.39 is 23.4 Å². The zero-order valence-corrected chi connectivity index (χ0v) is 8.61.